The summed E-state index contributed by atoms with van der Waals surface area (Å²) in [7, 11) is 0. The maximum absolute atomic E-state index is 9.22. The van der Waals surface area contributed by atoms with Crippen LogP contribution < -0.4 is 22.9 Å². The van der Waals surface area contributed by atoms with E-state index in [1.54, 1.807) is 0 Å². The largest absolute Gasteiger partial charge is 0.370 e. The molecule has 0 bridgehead atoms. The van der Waals surface area contributed by atoms with E-state index in [9.17, 15) is 9.59 Å². The van der Waals surface area contributed by atoms with Crippen molar-refractivity contribution in [1.82, 2.24) is 0 Å². The second-order valence-electron chi connectivity index (χ2n) is 1.80. The second-order valence-corrected chi connectivity index (χ2v) is 1.80. The van der Waals surface area contributed by atoms with Gasteiger partial charge >= 0.3 is 0 Å². The lowest BCUT2D eigenvalue weighted by molar-refractivity contribution is -0.116. The molecule has 12 heavy (non-hydrogen) atoms. The van der Waals surface area contributed by atoms with Crippen molar-refractivity contribution >= 4 is 11.8 Å². The molecule has 74 valence electrons. The van der Waals surface area contributed by atoms with Crippen LogP contribution in [0.15, 0.2) is 0 Å². The Labute approximate surface area is 72.3 Å². The molecule has 2 amide bonds. The van der Waals surface area contributed by atoms with E-state index in [1.807, 2.05) is 0 Å². The highest BCUT2D eigenvalue weighted by atomic mass is 16.1. The highest BCUT2D eigenvalue weighted by molar-refractivity contribution is 5.70. The summed E-state index contributed by atoms with van der Waals surface area (Å²) in [6, 6.07) is 0. The summed E-state index contributed by atoms with van der Waals surface area (Å²) in [5.74, 6) is -0.667. The minimum Gasteiger partial charge on any atom is -0.370 e. The minimum absolute atomic E-state index is 0.333. The third-order valence-electron chi connectivity index (χ3n) is 0.167. The van der Waals surface area contributed by atoms with Gasteiger partial charge in [0.2, 0.25) is 11.8 Å². The summed E-state index contributed by atoms with van der Waals surface area (Å²) >= 11 is 0. The molecule has 0 radical (unpaired) electrons. The summed E-state index contributed by atoms with van der Waals surface area (Å²) in [4.78, 5) is 18.4. The second kappa shape index (κ2) is 16.4. The van der Waals surface area contributed by atoms with Crippen LogP contribution in [0.2, 0.25) is 0 Å². The van der Waals surface area contributed by atoms with Gasteiger partial charge in [0.05, 0.1) is 0 Å². The molecule has 0 saturated carbocycles. The Kier molecular flexibility index (Phi) is 23.4. The summed E-state index contributed by atoms with van der Waals surface area (Å²) in [6.45, 7) is 3.81. The van der Waals surface area contributed by atoms with Crippen LogP contribution in [-0.2, 0) is 9.59 Å². The van der Waals surface area contributed by atoms with Gasteiger partial charge in [-0.2, -0.15) is 0 Å². The number of hydrogen-bond donors (Lipinski definition) is 4. The number of rotatable bonds is 1. The highest BCUT2D eigenvalue weighted by Gasteiger charge is 1.62. The van der Waals surface area contributed by atoms with E-state index in [2.05, 4.69) is 11.5 Å². The Hall–Kier alpha value is -1.14. The van der Waals surface area contributed by atoms with Gasteiger partial charge in [-0.25, -0.2) is 0 Å². The lowest BCUT2D eigenvalue weighted by atomic mass is 10.7. The average Bonchev–Trinajstić information content (AvgIpc) is 1.85. The molecule has 6 heteroatoms. The Morgan fingerprint density at radius 1 is 0.917 bits per heavy atom. The molecule has 0 aromatic heterocycles. The smallest absolute Gasteiger partial charge is 0.214 e. The van der Waals surface area contributed by atoms with E-state index in [4.69, 9.17) is 11.5 Å². The molecular formula is C6H18N4O2. The number of hydrogen-bond acceptors (Lipinski definition) is 4. The van der Waals surface area contributed by atoms with Crippen molar-refractivity contribution in [2.45, 2.75) is 13.8 Å². The summed E-state index contributed by atoms with van der Waals surface area (Å²) in [6.07, 6.45) is 0. The molecule has 0 saturated heterocycles. The molecule has 0 aromatic rings. The van der Waals surface area contributed by atoms with Crippen molar-refractivity contribution in [3.8, 4) is 0 Å². The van der Waals surface area contributed by atoms with Gasteiger partial charge in [-0.3, -0.25) is 9.59 Å². The van der Waals surface area contributed by atoms with Crippen molar-refractivity contribution < 1.29 is 9.59 Å². The summed E-state index contributed by atoms with van der Waals surface area (Å²) in [5.41, 5.74) is 18.8. The fraction of sp³-hybridized carbons (Fsp3) is 0.667. The summed E-state index contributed by atoms with van der Waals surface area (Å²) < 4.78 is 0. The van der Waals surface area contributed by atoms with Crippen LogP contribution in [0.5, 0.6) is 0 Å². The average molecular weight is 178 g/mol. The molecule has 0 atom stereocenters. The van der Waals surface area contributed by atoms with E-state index in [0.29, 0.717) is 13.1 Å². The molecule has 0 spiro atoms. The molecule has 0 aliphatic heterocycles. The molecule has 0 aromatic carbocycles. The maximum Gasteiger partial charge on any atom is 0.214 e. The fourth-order valence-corrected chi connectivity index (χ4v) is 0. The SMILES string of the molecule is CC(N)=O.CC(N)=O.NCCN. The highest BCUT2D eigenvalue weighted by Crippen LogP contribution is 1.33. The molecule has 0 rings (SSSR count). The van der Waals surface area contributed by atoms with Gasteiger partial charge in [-0.05, 0) is 0 Å². The first kappa shape index (κ1) is 17.1. The van der Waals surface area contributed by atoms with Crippen molar-refractivity contribution in [3.05, 3.63) is 0 Å². The number of nitrogens with two attached hydrogens (primary N) is 4. The molecule has 0 fully saturated rings. The quantitative estimate of drug-likeness (QED) is 0.365. The van der Waals surface area contributed by atoms with E-state index < -0.39 is 0 Å². The monoisotopic (exact) mass is 178 g/mol. The Morgan fingerprint density at radius 2 is 1.00 bits per heavy atom. The van der Waals surface area contributed by atoms with Gasteiger partial charge < -0.3 is 22.9 Å². The zero-order chi connectivity index (χ0) is 10.6. The zero-order valence-electron chi connectivity index (χ0n) is 7.54. The summed E-state index contributed by atoms with van der Waals surface area (Å²) in [5, 5.41) is 0. The fourth-order valence-electron chi connectivity index (χ4n) is 0. The van der Waals surface area contributed by atoms with Gasteiger partial charge in [-0.15, -0.1) is 0 Å². The molecule has 0 aliphatic carbocycles. The number of primary amides is 2. The normalized spacial score (nSPS) is 6.67. The molecular weight excluding hydrogens is 160 g/mol. The third kappa shape index (κ3) is 27900. The predicted molar refractivity (Wildman–Crippen MR) is 47.8 cm³/mol. The number of amides is 2. The standard InChI is InChI=1S/C2H8N2.2C2H5NO/c3-1-2-4;2*1-2(3)4/h1-4H2;2*1H3,(H2,3,4). The van der Waals surface area contributed by atoms with Crippen molar-refractivity contribution in [1.29, 1.82) is 0 Å². The molecule has 8 N–H and O–H groups in total. The van der Waals surface area contributed by atoms with E-state index in [1.165, 1.54) is 13.8 Å². The molecule has 0 heterocycles. The van der Waals surface area contributed by atoms with Crippen LogP contribution >= 0.6 is 0 Å². The molecule has 0 unspecified atom stereocenters. The van der Waals surface area contributed by atoms with Gasteiger partial charge in [0, 0.05) is 26.9 Å². The van der Waals surface area contributed by atoms with E-state index in [-0.39, 0.29) is 11.8 Å². The van der Waals surface area contributed by atoms with Gasteiger partial charge in [-0.1, -0.05) is 0 Å². The van der Waals surface area contributed by atoms with Crippen LogP contribution in [0, 0.1) is 0 Å². The van der Waals surface area contributed by atoms with Crippen molar-refractivity contribution in [2.24, 2.45) is 22.9 Å². The van der Waals surface area contributed by atoms with Crippen LogP contribution in [0.4, 0.5) is 0 Å². The van der Waals surface area contributed by atoms with E-state index >= 15 is 0 Å². The van der Waals surface area contributed by atoms with Crippen LogP contribution in [0.25, 0.3) is 0 Å². The lowest BCUT2D eigenvalue weighted by Gasteiger charge is -1.72. The molecule has 6 nitrogen and oxygen atoms in total. The molecule has 0 aliphatic rings. The van der Waals surface area contributed by atoms with Crippen molar-refractivity contribution in [3.63, 3.8) is 0 Å². The van der Waals surface area contributed by atoms with E-state index in [0.717, 1.165) is 0 Å². The van der Waals surface area contributed by atoms with Crippen LogP contribution in [0.3, 0.4) is 0 Å². The first-order valence-corrected chi connectivity index (χ1v) is 3.30. The predicted octanol–water partition coefficient (Wildman–Crippen LogP) is -2.11. The maximum atomic E-state index is 9.22. The first-order valence-electron chi connectivity index (χ1n) is 3.30. The Balaban J connectivity index is -0.000000101. The number of carbonyl (C=O) groups is 2. The van der Waals surface area contributed by atoms with Crippen LogP contribution in [-0.4, -0.2) is 24.9 Å². The number of carbonyl (C=O) groups excluding carboxylic acids is 2. The Bertz CT molecular complexity index is 94.1. The first-order chi connectivity index (χ1) is 5.38. The van der Waals surface area contributed by atoms with Gasteiger partial charge in [0.15, 0.2) is 0 Å². The van der Waals surface area contributed by atoms with Gasteiger partial charge in [0.1, 0.15) is 0 Å². The van der Waals surface area contributed by atoms with Gasteiger partial charge in [0.25, 0.3) is 0 Å². The Morgan fingerprint density at radius 3 is 1.00 bits per heavy atom. The topological polar surface area (TPSA) is 138 Å². The van der Waals surface area contributed by atoms with Crippen molar-refractivity contribution in [2.75, 3.05) is 13.1 Å². The third-order valence-corrected chi connectivity index (χ3v) is 0.167. The zero-order valence-corrected chi connectivity index (χ0v) is 7.54. The lowest BCUT2D eigenvalue weighted by Crippen LogP contribution is -2.11. The van der Waals surface area contributed by atoms with Crippen LogP contribution in [0.1, 0.15) is 13.8 Å². The minimum atomic E-state index is -0.333.